The Balaban J connectivity index is 2.81. The first-order valence-corrected chi connectivity index (χ1v) is 6.04. The maximum absolute atomic E-state index is 4.67. The van der Waals surface area contributed by atoms with Crippen LogP contribution < -0.4 is 10.4 Å². The van der Waals surface area contributed by atoms with Gasteiger partial charge < -0.3 is 0 Å². The second-order valence-corrected chi connectivity index (χ2v) is 4.43. The molecule has 1 heteroatoms. The van der Waals surface area contributed by atoms with Crippen LogP contribution in [0.2, 0.25) is 0 Å². The van der Waals surface area contributed by atoms with Crippen LogP contribution in [0.1, 0.15) is 19.4 Å². The molecule has 2 rings (SSSR count). The van der Waals surface area contributed by atoms with Crippen LogP contribution in [0.15, 0.2) is 59.6 Å². The first-order chi connectivity index (χ1) is 8.68. The van der Waals surface area contributed by atoms with E-state index >= 15 is 0 Å². The fourth-order valence-corrected chi connectivity index (χ4v) is 1.85. The second kappa shape index (κ2) is 5.46. The summed E-state index contributed by atoms with van der Waals surface area (Å²) in [5.41, 5.74) is 3.15. The third-order valence-electron chi connectivity index (χ3n) is 2.66. The molecule has 0 fully saturated rings. The van der Waals surface area contributed by atoms with E-state index < -0.39 is 0 Å². The summed E-state index contributed by atoms with van der Waals surface area (Å²) in [7, 11) is 0. The van der Waals surface area contributed by atoms with Gasteiger partial charge in [-0.15, -0.1) is 0 Å². The van der Waals surface area contributed by atoms with Crippen LogP contribution in [-0.2, 0) is 0 Å². The molecule has 0 aliphatic rings. The Morgan fingerprint density at radius 2 is 1.50 bits per heavy atom. The molecule has 2 aromatic rings. The molecule has 0 spiro atoms. The summed E-state index contributed by atoms with van der Waals surface area (Å²) in [5.74, 6) is 0. The number of rotatable bonds is 2. The highest BCUT2D eigenvalue weighted by Crippen LogP contribution is 2.11. The zero-order valence-electron chi connectivity index (χ0n) is 10.9. The fourth-order valence-electron chi connectivity index (χ4n) is 1.85. The molecule has 0 unspecified atom stereocenters. The molecule has 0 bridgehead atoms. The van der Waals surface area contributed by atoms with E-state index in [1.54, 1.807) is 0 Å². The minimum Gasteiger partial charge on any atom is -0.257 e. The van der Waals surface area contributed by atoms with Crippen LogP contribution in [0.3, 0.4) is 0 Å². The molecule has 2 aromatic carbocycles. The molecular weight excluding hydrogens is 218 g/mol. The zero-order valence-corrected chi connectivity index (χ0v) is 10.9. The van der Waals surface area contributed by atoms with Gasteiger partial charge >= 0.3 is 0 Å². The van der Waals surface area contributed by atoms with Crippen molar-refractivity contribution in [1.29, 1.82) is 0 Å². The Bertz CT molecular complexity index is 662. The number of nitrogens with zero attached hydrogens (tertiary/aromatic N) is 1. The highest BCUT2D eigenvalue weighted by atomic mass is 14.7. The number of benzene rings is 2. The van der Waals surface area contributed by atoms with Gasteiger partial charge in [0.2, 0.25) is 0 Å². The molecule has 0 atom stereocenters. The molecule has 0 aliphatic carbocycles. The minimum absolute atomic E-state index is 0.987. The van der Waals surface area contributed by atoms with Gasteiger partial charge in [0.25, 0.3) is 0 Å². The van der Waals surface area contributed by atoms with Crippen LogP contribution in [0.5, 0.6) is 0 Å². The van der Waals surface area contributed by atoms with Gasteiger partial charge in [0.15, 0.2) is 0 Å². The average Bonchev–Trinajstić information content (AvgIpc) is 2.38. The zero-order chi connectivity index (χ0) is 13.0. The van der Waals surface area contributed by atoms with E-state index in [2.05, 4.69) is 29.8 Å². The monoisotopic (exact) mass is 235 g/mol. The molecule has 1 nitrogen and oxygen atoms in total. The quantitative estimate of drug-likeness (QED) is 0.710. The maximum Gasteiger partial charge on any atom is 0.0779 e. The summed E-state index contributed by atoms with van der Waals surface area (Å²) < 4.78 is 0. The van der Waals surface area contributed by atoms with Crippen LogP contribution in [-0.4, -0.2) is 5.71 Å². The lowest BCUT2D eigenvalue weighted by atomic mass is 10.1. The molecule has 0 N–H and O–H groups in total. The van der Waals surface area contributed by atoms with Crippen LogP contribution in [0.4, 0.5) is 0 Å². The molecule has 0 saturated carbocycles. The lowest BCUT2D eigenvalue weighted by molar-refractivity contribution is 1.39. The van der Waals surface area contributed by atoms with Crippen molar-refractivity contribution in [3.05, 3.63) is 70.6 Å². The standard InChI is InChI=1S/C17H17N/c1-13(2)18-17(15-10-5-4-6-11-15)16-12-8-7-9-14(16)3/h4-12H,3H2,1-2H3/b17-16-. The Hall–Kier alpha value is -2.15. The van der Waals surface area contributed by atoms with Gasteiger partial charge in [0, 0.05) is 16.5 Å². The molecular formula is C17H17N. The van der Waals surface area contributed by atoms with E-state index in [9.17, 15) is 0 Å². The molecule has 0 aliphatic heterocycles. The molecule has 90 valence electrons. The van der Waals surface area contributed by atoms with Gasteiger partial charge in [-0.25, -0.2) is 0 Å². The average molecular weight is 235 g/mol. The third kappa shape index (κ3) is 2.75. The highest BCUT2D eigenvalue weighted by molar-refractivity contribution is 5.85. The molecule has 0 amide bonds. The first-order valence-electron chi connectivity index (χ1n) is 6.04. The van der Waals surface area contributed by atoms with Crippen molar-refractivity contribution in [1.82, 2.24) is 0 Å². The van der Waals surface area contributed by atoms with E-state index in [0.29, 0.717) is 0 Å². The largest absolute Gasteiger partial charge is 0.257 e. The Kier molecular flexibility index (Phi) is 3.73. The van der Waals surface area contributed by atoms with Gasteiger partial charge in [-0.05, 0) is 19.1 Å². The van der Waals surface area contributed by atoms with Gasteiger partial charge in [-0.3, -0.25) is 4.99 Å². The summed E-state index contributed by atoms with van der Waals surface area (Å²) in [5, 5.41) is 2.09. The number of hydrogen-bond donors (Lipinski definition) is 0. The summed E-state index contributed by atoms with van der Waals surface area (Å²) >= 11 is 0. The topological polar surface area (TPSA) is 12.4 Å². The van der Waals surface area contributed by atoms with E-state index in [0.717, 1.165) is 27.4 Å². The lowest BCUT2D eigenvalue weighted by Gasteiger charge is -2.04. The first kappa shape index (κ1) is 12.3. The summed E-state index contributed by atoms with van der Waals surface area (Å²) in [4.78, 5) is 4.67. The van der Waals surface area contributed by atoms with Crippen molar-refractivity contribution in [2.75, 3.05) is 0 Å². The lowest BCUT2D eigenvalue weighted by Crippen LogP contribution is -2.25. The van der Waals surface area contributed by atoms with Crippen molar-refractivity contribution < 1.29 is 0 Å². The predicted octanol–water partition coefficient (Wildman–Crippen LogP) is 2.73. The molecule has 0 aromatic heterocycles. The van der Waals surface area contributed by atoms with Crippen molar-refractivity contribution in [2.24, 2.45) is 4.99 Å². The van der Waals surface area contributed by atoms with Crippen LogP contribution in [0.25, 0.3) is 12.3 Å². The molecule has 18 heavy (non-hydrogen) atoms. The Labute approximate surface area is 108 Å². The van der Waals surface area contributed by atoms with Crippen molar-refractivity contribution in [2.45, 2.75) is 13.8 Å². The Morgan fingerprint density at radius 3 is 2.11 bits per heavy atom. The van der Waals surface area contributed by atoms with Gasteiger partial charge in [-0.2, -0.15) is 0 Å². The van der Waals surface area contributed by atoms with Gasteiger partial charge in [-0.1, -0.05) is 61.2 Å². The van der Waals surface area contributed by atoms with Gasteiger partial charge in [0.05, 0.1) is 5.70 Å². The summed E-state index contributed by atoms with van der Waals surface area (Å²) in [6, 6.07) is 18.3. The van der Waals surface area contributed by atoms with E-state index in [1.165, 1.54) is 0 Å². The summed E-state index contributed by atoms with van der Waals surface area (Å²) in [6.07, 6.45) is 0. The molecule has 0 radical (unpaired) electrons. The minimum atomic E-state index is 0.987. The van der Waals surface area contributed by atoms with Crippen LogP contribution in [0, 0.1) is 0 Å². The molecule has 0 saturated heterocycles. The van der Waals surface area contributed by atoms with E-state index in [1.807, 2.05) is 50.2 Å². The van der Waals surface area contributed by atoms with E-state index in [-0.39, 0.29) is 0 Å². The second-order valence-electron chi connectivity index (χ2n) is 4.43. The van der Waals surface area contributed by atoms with Crippen molar-refractivity contribution in [3.63, 3.8) is 0 Å². The van der Waals surface area contributed by atoms with Gasteiger partial charge in [0.1, 0.15) is 0 Å². The van der Waals surface area contributed by atoms with E-state index in [4.69, 9.17) is 0 Å². The number of hydrogen-bond acceptors (Lipinski definition) is 1. The maximum atomic E-state index is 4.67. The number of aliphatic imine (C=N–C) groups is 1. The van der Waals surface area contributed by atoms with Crippen LogP contribution >= 0.6 is 0 Å². The highest BCUT2D eigenvalue weighted by Gasteiger charge is 2.01. The normalized spacial score (nSPS) is 11.9. The van der Waals surface area contributed by atoms with Crippen molar-refractivity contribution in [3.8, 4) is 0 Å². The fraction of sp³-hybridized carbons (Fsp3) is 0.118. The Morgan fingerprint density at radius 1 is 0.889 bits per heavy atom. The van der Waals surface area contributed by atoms with Crippen molar-refractivity contribution >= 4 is 18.0 Å². The third-order valence-corrected chi connectivity index (χ3v) is 2.66. The summed E-state index contributed by atoms with van der Waals surface area (Å²) in [6.45, 7) is 8.10. The predicted molar refractivity (Wildman–Crippen MR) is 78.9 cm³/mol. The molecule has 0 heterocycles. The SMILES string of the molecule is C=c1cccc/c1=C(/N=C(C)C)c1ccccc1. The smallest absolute Gasteiger partial charge is 0.0779 e.